The van der Waals surface area contributed by atoms with Crippen molar-refractivity contribution in [3.63, 3.8) is 0 Å². The predicted octanol–water partition coefficient (Wildman–Crippen LogP) is 1.11. The first-order chi connectivity index (χ1) is 20.1. The van der Waals surface area contributed by atoms with Gasteiger partial charge in [0.1, 0.15) is 11.7 Å². The van der Waals surface area contributed by atoms with Gasteiger partial charge in [0.25, 0.3) is 0 Å². The third-order valence-corrected chi connectivity index (χ3v) is 12.8. The molecule has 7 bridgehead atoms. The molecule has 6 fully saturated rings. The molecule has 5 saturated carbocycles. The van der Waals surface area contributed by atoms with E-state index >= 15 is 0 Å². The van der Waals surface area contributed by atoms with Crippen LogP contribution >= 0.6 is 0 Å². The van der Waals surface area contributed by atoms with Crippen molar-refractivity contribution in [2.75, 3.05) is 48.1 Å². The van der Waals surface area contributed by atoms with Gasteiger partial charge in [0.05, 0.1) is 42.2 Å². The number of benzene rings is 1. The number of aliphatic hydroxyl groups is 3. The van der Waals surface area contributed by atoms with Crippen molar-refractivity contribution in [3.05, 3.63) is 35.9 Å². The molecule has 0 radical (unpaired) electrons. The molecule has 10 heteroatoms. The van der Waals surface area contributed by atoms with Crippen molar-refractivity contribution >= 4 is 5.97 Å². The first-order valence-corrected chi connectivity index (χ1v) is 15.3. The van der Waals surface area contributed by atoms with E-state index in [9.17, 15) is 20.1 Å². The van der Waals surface area contributed by atoms with Gasteiger partial charge in [-0.3, -0.25) is 4.90 Å². The second kappa shape index (κ2) is 9.68. The Morgan fingerprint density at radius 2 is 1.69 bits per heavy atom. The molecule has 0 aromatic heterocycles. The lowest BCUT2D eigenvalue weighted by Gasteiger charge is -2.70. The molecule has 1 aromatic rings. The highest BCUT2D eigenvalue weighted by Crippen LogP contribution is 2.80. The fourth-order valence-corrected chi connectivity index (χ4v) is 11.8. The van der Waals surface area contributed by atoms with E-state index in [0.29, 0.717) is 31.7 Å². The van der Waals surface area contributed by atoms with Gasteiger partial charge in [-0.2, -0.15) is 0 Å². The number of esters is 1. The molecule has 14 atom stereocenters. The largest absolute Gasteiger partial charge is 0.455 e. The fourth-order valence-electron chi connectivity index (χ4n) is 11.8. The van der Waals surface area contributed by atoms with Crippen LogP contribution in [0.15, 0.2) is 30.3 Å². The molecule has 1 saturated heterocycles. The number of fused-ring (bicyclic) bond motifs is 2. The molecule has 7 rings (SSSR count). The quantitative estimate of drug-likeness (QED) is 0.381. The summed E-state index contributed by atoms with van der Waals surface area (Å²) in [5.41, 5.74) is -3.77. The normalized spacial score (nSPS) is 51.9. The summed E-state index contributed by atoms with van der Waals surface area (Å²) in [5.74, 6) is -2.02. The third-order valence-electron chi connectivity index (χ3n) is 12.8. The number of ether oxygens (including phenoxy) is 5. The number of carbonyl (C=O) groups excluding carboxylic acids is 1. The number of nitrogens with zero attached hydrogens (tertiary/aromatic N) is 1. The van der Waals surface area contributed by atoms with Crippen molar-refractivity contribution in [3.8, 4) is 0 Å². The van der Waals surface area contributed by atoms with Gasteiger partial charge in [0, 0.05) is 82.5 Å². The Bertz CT molecular complexity index is 1220. The van der Waals surface area contributed by atoms with Crippen LogP contribution in [-0.4, -0.2) is 122 Å². The Hall–Kier alpha value is -1.63. The van der Waals surface area contributed by atoms with Gasteiger partial charge in [0.15, 0.2) is 0 Å². The molecule has 10 nitrogen and oxygen atoms in total. The van der Waals surface area contributed by atoms with Crippen LogP contribution in [0.4, 0.5) is 0 Å². The van der Waals surface area contributed by atoms with Gasteiger partial charge in [0.2, 0.25) is 0 Å². The molecule has 5 aliphatic carbocycles. The van der Waals surface area contributed by atoms with Gasteiger partial charge in [-0.25, -0.2) is 4.79 Å². The van der Waals surface area contributed by atoms with E-state index in [0.717, 1.165) is 0 Å². The highest BCUT2D eigenvalue weighted by Gasteiger charge is 2.89. The summed E-state index contributed by atoms with van der Waals surface area (Å²) in [4.78, 5) is 15.9. The highest BCUT2D eigenvalue weighted by molar-refractivity contribution is 5.89. The maximum absolute atomic E-state index is 13.5. The number of aliphatic hydroxyl groups excluding tert-OH is 1. The molecular formula is C32H45NO9. The van der Waals surface area contributed by atoms with Gasteiger partial charge < -0.3 is 39.0 Å². The van der Waals surface area contributed by atoms with Crippen molar-refractivity contribution < 1.29 is 43.8 Å². The van der Waals surface area contributed by atoms with Crippen LogP contribution in [0.25, 0.3) is 0 Å². The standard InChI is InChI=1S/C32H45NO9/c1-6-33-15-29(16-38-2)19(34)12-20(39-3)32-18-13-30(36)21(40-4)14-31(37,23(26(32)33)24(41-5)25(29)32)22(18)27(30)42-28(35)17-10-8-7-9-11-17/h7-11,18-27,34,36-37H,6,12-16H2,1-5H3/t18-,19+,20-,21+,22-,23+,24-,25-,26-,27+,29+,30+,31-,32+/m1/s1. The highest BCUT2D eigenvalue weighted by atomic mass is 16.6. The zero-order valence-corrected chi connectivity index (χ0v) is 25.1. The van der Waals surface area contributed by atoms with E-state index < -0.39 is 64.3 Å². The fraction of sp³-hybridized carbons (Fsp3) is 0.781. The van der Waals surface area contributed by atoms with Gasteiger partial charge in [-0.1, -0.05) is 25.1 Å². The van der Waals surface area contributed by atoms with E-state index in [2.05, 4.69) is 11.8 Å². The number of rotatable bonds is 8. The van der Waals surface area contributed by atoms with Crippen LogP contribution in [0.3, 0.4) is 0 Å². The molecule has 6 aliphatic rings. The number of hydrogen-bond acceptors (Lipinski definition) is 10. The van der Waals surface area contributed by atoms with E-state index in [4.69, 9.17) is 23.7 Å². The van der Waals surface area contributed by atoms with Crippen LogP contribution in [-0.2, 0) is 23.7 Å². The molecule has 1 spiro atoms. The van der Waals surface area contributed by atoms with Gasteiger partial charge >= 0.3 is 5.97 Å². The lowest BCUT2D eigenvalue weighted by molar-refractivity contribution is -0.298. The summed E-state index contributed by atoms with van der Waals surface area (Å²) < 4.78 is 30.8. The zero-order valence-electron chi connectivity index (χ0n) is 25.1. The number of piperidine rings is 1. The van der Waals surface area contributed by atoms with E-state index in [1.165, 1.54) is 0 Å². The van der Waals surface area contributed by atoms with Crippen LogP contribution in [0.5, 0.6) is 0 Å². The molecule has 1 heterocycles. The topological polar surface area (TPSA) is 127 Å². The van der Waals surface area contributed by atoms with Crippen LogP contribution in [0.1, 0.15) is 36.5 Å². The second-order valence-electron chi connectivity index (χ2n) is 13.8. The summed E-state index contributed by atoms with van der Waals surface area (Å²) >= 11 is 0. The van der Waals surface area contributed by atoms with Crippen molar-refractivity contribution in [2.24, 2.45) is 34.5 Å². The smallest absolute Gasteiger partial charge is 0.338 e. The summed E-state index contributed by atoms with van der Waals surface area (Å²) in [5, 5.41) is 37.6. The predicted molar refractivity (Wildman–Crippen MR) is 150 cm³/mol. The lowest BCUT2D eigenvalue weighted by Crippen LogP contribution is -2.79. The van der Waals surface area contributed by atoms with Crippen LogP contribution in [0, 0.1) is 34.5 Å². The first kappa shape index (κ1) is 29.1. The molecule has 3 N–H and O–H groups in total. The van der Waals surface area contributed by atoms with E-state index in [1.54, 1.807) is 52.7 Å². The Kier molecular flexibility index (Phi) is 6.71. The molecule has 42 heavy (non-hydrogen) atoms. The van der Waals surface area contributed by atoms with Gasteiger partial charge in [-0.05, 0) is 31.0 Å². The van der Waals surface area contributed by atoms with Crippen LogP contribution in [0.2, 0.25) is 0 Å². The minimum atomic E-state index is -1.51. The SMILES string of the molecule is CCN1C[C@@]2(COC)[C@H]3[C@H](OC)[C@H]4[C@@H]1[C@@]3([C@@H]1C[C@]3(O)[C@@H](OC)C[C@@]4(O)[C@H]1[C@@H]3OC(=O)c1ccccc1)[C@H](OC)C[C@@H]2O. The minimum Gasteiger partial charge on any atom is -0.455 e. The minimum absolute atomic E-state index is 0.130. The summed E-state index contributed by atoms with van der Waals surface area (Å²) in [6, 6.07) is 8.63. The molecule has 232 valence electrons. The average Bonchev–Trinajstić information content (AvgIpc) is 3.37. The summed E-state index contributed by atoms with van der Waals surface area (Å²) in [6.45, 7) is 3.76. The monoisotopic (exact) mass is 587 g/mol. The third kappa shape index (κ3) is 3.20. The Labute approximate surface area is 247 Å². The van der Waals surface area contributed by atoms with E-state index in [-0.39, 0.29) is 36.8 Å². The number of hydrogen-bond donors (Lipinski definition) is 3. The Morgan fingerprint density at radius 3 is 2.31 bits per heavy atom. The van der Waals surface area contributed by atoms with Crippen LogP contribution < -0.4 is 0 Å². The van der Waals surface area contributed by atoms with Gasteiger partial charge in [-0.15, -0.1) is 0 Å². The first-order valence-electron chi connectivity index (χ1n) is 15.3. The maximum Gasteiger partial charge on any atom is 0.338 e. The Balaban J connectivity index is 1.46. The Morgan fingerprint density at radius 1 is 0.976 bits per heavy atom. The maximum atomic E-state index is 13.5. The van der Waals surface area contributed by atoms with E-state index in [1.807, 2.05) is 6.07 Å². The number of likely N-dealkylation sites (tertiary alicyclic amines) is 1. The molecule has 0 amide bonds. The zero-order chi connectivity index (χ0) is 29.8. The number of methoxy groups -OCH3 is 4. The molecule has 1 aliphatic heterocycles. The number of carbonyl (C=O) groups is 1. The summed E-state index contributed by atoms with van der Waals surface area (Å²) in [7, 11) is 6.60. The van der Waals surface area contributed by atoms with Crippen molar-refractivity contribution in [1.29, 1.82) is 0 Å². The molecular weight excluding hydrogens is 542 g/mol. The average molecular weight is 588 g/mol. The summed E-state index contributed by atoms with van der Waals surface area (Å²) in [6.07, 6.45) is -2.36. The lowest BCUT2D eigenvalue weighted by atomic mass is 9.42. The van der Waals surface area contributed by atoms with Crippen molar-refractivity contribution in [1.82, 2.24) is 4.90 Å². The molecule has 1 aromatic carbocycles. The molecule has 0 unspecified atom stereocenters. The van der Waals surface area contributed by atoms with Crippen molar-refractivity contribution in [2.45, 2.75) is 73.9 Å². The second-order valence-corrected chi connectivity index (χ2v) is 13.8.